The van der Waals surface area contributed by atoms with E-state index in [0.29, 0.717) is 12.5 Å². The van der Waals surface area contributed by atoms with Crippen LogP contribution in [0.15, 0.2) is 27.8 Å². The third kappa shape index (κ3) is 9.19. The van der Waals surface area contributed by atoms with Gasteiger partial charge in [-0.25, -0.2) is 0 Å². The van der Waals surface area contributed by atoms with E-state index >= 15 is 0 Å². The Morgan fingerprint density at radius 1 is 1.10 bits per heavy atom. The molecule has 1 atom stereocenters. The monoisotopic (exact) mass is 407 g/mol. The van der Waals surface area contributed by atoms with Crippen LogP contribution in [0.3, 0.4) is 0 Å². The van der Waals surface area contributed by atoms with Crippen molar-refractivity contribution in [2.45, 2.75) is 51.0 Å². The van der Waals surface area contributed by atoms with E-state index < -0.39 is 0 Å². The summed E-state index contributed by atoms with van der Waals surface area (Å²) in [5, 5.41) is 6.84. The van der Waals surface area contributed by atoms with Crippen molar-refractivity contribution in [1.82, 2.24) is 10.6 Å². The number of furan rings is 1. The molecule has 164 valence electrons. The molecule has 2 N–H and O–H groups in total. The maximum atomic E-state index is 5.85. The second-order valence-electron chi connectivity index (χ2n) is 7.85. The van der Waals surface area contributed by atoms with Gasteiger partial charge in [0.25, 0.3) is 0 Å². The first-order valence-electron chi connectivity index (χ1n) is 11.2. The molecular weight excluding hydrogens is 370 g/mol. The topological polar surface area (TPSA) is 77.3 Å². The van der Waals surface area contributed by atoms with Crippen LogP contribution in [0.2, 0.25) is 0 Å². The molecule has 0 saturated carbocycles. The summed E-state index contributed by atoms with van der Waals surface area (Å²) in [5.41, 5.74) is 0. The molecule has 0 aliphatic carbocycles. The fraction of sp³-hybridized carbons (Fsp3) is 0.773. The summed E-state index contributed by atoms with van der Waals surface area (Å²) in [6, 6.07) is 3.92. The molecule has 0 spiro atoms. The van der Waals surface area contributed by atoms with E-state index in [1.807, 2.05) is 12.1 Å². The quantitative estimate of drug-likeness (QED) is 0.334. The van der Waals surface area contributed by atoms with Crippen LogP contribution in [0.25, 0.3) is 0 Å². The molecule has 3 heterocycles. The molecule has 0 amide bonds. The lowest BCUT2D eigenvalue weighted by Crippen LogP contribution is -2.40. The van der Waals surface area contributed by atoms with Crippen molar-refractivity contribution in [1.29, 1.82) is 0 Å². The molecule has 2 fully saturated rings. The number of hydrogen-bond acceptors (Lipinski definition) is 5. The zero-order valence-electron chi connectivity index (χ0n) is 17.6. The fourth-order valence-electron chi connectivity index (χ4n) is 3.62. The summed E-state index contributed by atoms with van der Waals surface area (Å²) in [7, 11) is 0. The average Bonchev–Trinajstić information content (AvgIpc) is 3.29. The van der Waals surface area contributed by atoms with Gasteiger partial charge < -0.3 is 29.3 Å². The predicted molar refractivity (Wildman–Crippen MR) is 113 cm³/mol. The first-order chi connectivity index (χ1) is 14.4. The first kappa shape index (κ1) is 22.1. The van der Waals surface area contributed by atoms with E-state index in [4.69, 9.17) is 23.6 Å². The average molecular weight is 408 g/mol. The lowest BCUT2D eigenvalue weighted by Gasteiger charge is -2.22. The molecule has 2 aliphatic heterocycles. The van der Waals surface area contributed by atoms with Crippen LogP contribution < -0.4 is 10.6 Å². The predicted octanol–water partition coefficient (Wildman–Crippen LogP) is 2.76. The van der Waals surface area contributed by atoms with Gasteiger partial charge in [-0.1, -0.05) is 0 Å². The SMILES string of the molecule is c1coc(CCNC(=NCC2CCCCO2)NCCCOCC2CCOCC2)c1. The van der Waals surface area contributed by atoms with Gasteiger partial charge in [-0.15, -0.1) is 0 Å². The van der Waals surface area contributed by atoms with Gasteiger partial charge in [-0.3, -0.25) is 4.99 Å². The highest BCUT2D eigenvalue weighted by Gasteiger charge is 2.14. The van der Waals surface area contributed by atoms with Crippen LogP contribution in [0.5, 0.6) is 0 Å². The fourth-order valence-corrected chi connectivity index (χ4v) is 3.62. The molecular formula is C22H37N3O4. The van der Waals surface area contributed by atoms with Crippen molar-refractivity contribution in [2.24, 2.45) is 10.9 Å². The highest BCUT2D eigenvalue weighted by Crippen LogP contribution is 2.14. The molecule has 1 unspecified atom stereocenters. The molecule has 0 bridgehead atoms. The first-order valence-corrected chi connectivity index (χ1v) is 11.2. The smallest absolute Gasteiger partial charge is 0.191 e. The number of nitrogens with zero attached hydrogens (tertiary/aromatic N) is 1. The van der Waals surface area contributed by atoms with Crippen molar-refractivity contribution in [3.63, 3.8) is 0 Å². The van der Waals surface area contributed by atoms with E-state index in [9.17, 15) is 0 Å². The Labute approximate surface area is 174 Å². The van der Waals surface area contributed by atoms with Gasteiger partial charge in [0.15, 0.2) is 5.96 Å². The van der Waals surface area contributed by atoms with Crippen molar-refractivity contribution in [2.75, 3.05) is 52.7 Å². The standard InChI is InChI=1S/C22H37N3O4/c1-2-13-29-21(5-1)17-25-22(24-11-7-20-6-3-14-28-20)23-10-4-12-27-18-19-8-15-26-16-9-19/h3,6,14,19,21H,1-2,4-5,7-13,15-18H2,(H2,23,24,25). The molecule has 1 aromatic rings. The van der Waals surface area contributed by atoms with Crippen molar-refractivity contribution in [3.05, 3.63) is 24.2 Å². The number of ether oxygens (including phenoxy) is 3. The zero-order valence-corrected chi connectivity index (χ0v) is 17.6. The Morgan fingerprint density at radius 2 is 2.00 bits per heavy atom. The molecule has 7 heteroatoms. The molecule has 3 rings (SSSR count). The van der Waals surface area contributed by atoms with E-state index in [1.54, 1.807) is 6.26 Å². The van der Waals surface area contributed by atoms with Crippen molar-refractivity contribution in [3.8, 4) is 0 Å². The van der Waals surface area contributed by atoms with E-state index in [1.165, 1.54) is 12.8 Å². The van der Waals surface area contributed by atoms with Gasteiger partial charge in [0.05, 0.1) is 18.9 Å². The summed E-state index contributed by atoms with van der Waals surface area (Å²) < 4.78 is 22.4. The van der Waals surface area contributed by atoms with Gasteiger partial charge in [0, 0.05) is 52.5 Å². The van der Waals surface area contributed by atoms with Gasteiger partial charge in [0.2, 0.25) is 0 Å². The normalized spacial score (nSPS) is 21.2. The molecule has 7 nitrogen and oxygen atoms in total. The van der Waals surface area contributed by atoms with Crippen LogP contribution in [0, 0.1) is 5.92 Å². The van der Waals surface area contributed by atoms with Gasteiger partial charge in [0.1, 0.15) is 5.76 Å². The Kier molecular flexibility index (Phi) is 10.4. The second-order valence-corrected chi connectivity index (χ2v) is 7.85. The maximum absolute atomic E-state index is 5.85. The van der Waals surface area contributed by atoms with E-state index in [2.05, 4.69) is 10.6 Å². The van der Waals surface area contributed by atoms with Gasteiger partial charge in [-0.2, -0.15) is 0 Å². The molecule has 2 saturated heterocycles. The minimum Gasteiger partial charge on any atom is -0.469 e. The van der Waals surface area contributed by atoms with Crippen LogP contribution in [0.1, 0.15) is 44.3 Å². The minimum atomic E-state index is 0.246. The minimum absolute atomic E-state index is 0.246. The van der Waals surface area contributed by atoms with Gasteiger partial charge >= 0.3 is 0 Å². The summed E-state index contributed by atoms with van der Waals surface area (Å²) in [5.74, 6) is 2.48. The number of aliphatic imine (C=N–C) groups is 1. The lowest BCUT2D eigenvalue weighted by molar-refractivity contribution is 0.0203. The summed E-state index contributed by atoms with van der Waals surface area (Å²) in [6.07, 6.45) is 9.50. The number of rotatable bonds is 11. The summed E-state index contributed by atoms with van der Waals surface area (Å²) in [6.45, 7) is 6.57. The zero-order chi connectivity index (χ0) is 20.0. The maximum Gasteiger partial charge on any atom is 0.191 e. The van der Waals surface area contributed by atoms with Crippen LogP contribution in [-0.4, -0.2) is 64.7 Å². The van der Waals surface area contributed by atoms with Crippen LogP contribution in [-0.2, 0) is 20.6 Å². The largest absolute Gasteiger partial charge is 0.469 e. The Balaban J connectivity index is 1.32. The number of guanidine groups is 1. The van der Waals surface area contributed by atoms with E-state index in [-0.39, 0.29) is 6.10 Å². The van der Waals surface area contributed by atoms with Gasteiger partial charge in [-0.05, 0) is 56.6 Å². The lowest BCUT2D eigenvalue weighted by atomic mass is 10.0. The van der Waals surface area contributed by atoms with Crippen LogP contribution in [0.4, 0.5) is 0 Å². The summed E-state index contributed by atoms with van der Waals surface area (Å²) >= 11 is 0. The summed E-state index contributed by atoms with van der Waals surface area (Å²) in [4.78, 5) is 4.74. The van der Waals surface area contributed by atoms with E-state index in [0.717, 1.165) is 89.9 Å². The Morgan fingerprint density at radius 3 is 2.79 bits per heavy atom. The molecule has 0 radical (unpaired) electrons. The highest BCUT2D eigenvalue weighted by atomic mass is 16.5. The second kappa shape index (κ2) is 13.6. The number of nitrogens with one attached hydrogen (secondary N) is 2. The Hall–Kier alpha value is -1.57. The van der Waals surface area contributed by atoms with Crippen LogP contribution >= 0.6 is 0 Å². The third-order valence-corrected chi connectivity index (χ3v) is 5.42. The molecule has 29 heavy (non-hydrogen) atoms. The van der Waals surface area contributed by atoms with Crippen molar-refractivity contribution < 1.29 is 18.6 Å². The third-order valence-electron chi connectivity index (χ3n) is 5.42. The molecule has 1 aromatic heterocycles. The molecule has 0 aromatic carbocycles. The number of hydrogen-bond donors (Lipinski definition) is 2. The highest BCUT2D eigenvalue weighted by molar-refractivity contribution is 5.79. The van der Waals surface area contributed by atoms with Crippen molar-refractivity contribution >= 4 is 5.96 Å². The molecule has 2 aliphatic rings. The Bertz CT molecular complexity index is 552.